The van der Waals surface area contributed by atoms with Crippen molar-refractivity contribution in [3.63, 3.8) is 0 Å². The van der Waals surface area contributed by atoms with Gasteiger partial charge in [-0.3, -0.25) is 19.3 Å². The second-order valence-corrected chi connectivity index (χ2v) is 11.2. The van der Waals surface area contributed by atoms with Gasteiger partial charge in [0.25, 0.3) is 11.8 Å². The fourth-order valence-corrected chi connectivity index (χ4v) is 5.40. The number of hydrogen-bond donors (Lipinski definition) is 3. The van der Waals surface area contributed by atoms with Crippen LogP contribution in [0.3, 0.4) is 0 Å². The Bertz CT molecular complexity index is 1200. The van der Waals surface area contributed by atoms with Crippen LogP contribution in [0, 0.1) is 5.41 Å². The van der Waals surface area contributed by atoms with Gasteiger partial charge in [-0.2, -0.15) is 0 Å². The number of carbonyl (C=O) groups is 5. The van der Waals surface area contributed by atoms with Gasteiger partial charge < -0.3 is 31.0 Å². The number of β-lactam (4-membered cyclic amide) rings is 1. The third-order valence-corrected chi connectivity index (χ3v) is 7.37. The first kappa shape index (κ1) is 29.0. The highest BCUT2D eigenvalue weighted by Gasteiger charge is 2.54. The number of nitrogens with one attached hydrogen (secondary N) is 1. The maximum absolute atomic E-state index is 13.1. The molecule has 2 atom stereocenters. The molecule has 3 heterocycles. The molecular formula is C23H29N5O8S2. The monoisotopic (exact) mass is 567 g/mol. The number of nitrogens with two attached hydrogens (primary N) is 2. The fourth-order valence-electron chi connectivity index (χ4n) is 3.51. The van der Waals surface area contributed by atoms with Crippen LogP contribution >= 0.6 is 23.1 Å². The van der Waals surface area contributed by atoms with Crippen LogP contribution in [0.25, 0.3) is 5.57 Å². The molecule has 0 aliphatic carbocycles. The van der Waals surface area contributed by atoms with E-state index in [4.69, 9.17) is 25.7 Å². The van der Waals surface area contributed by atoms with E-state index >= 15 is 0 Å². The van der Waals surface area contributed by atoms with Gasteiger partial charge in [-0.1, -0.05) is 13.0 Å². The van der Waals surface area contributed by atoms with Crippen molar-refractivity contribution >= 4 is 63.6 Å². The molecule has 206 valence electrons. The molecule has 0 saturated carbocycles. The highest BCUT2D eigenvalue weighted by atomic mass is 32.2. The highest BCUT2D eigenvalue weighted by Crippen LogP contribution is 2.41. The fraction of sp³-hybridized carbons (Fsp3) is 0.478. The van der Waals surface area contributed by atoms with Crippen LogP contribution in [0.2, 0.25) is 0 Å². The van der Waals surface area contributed by atoms with Crippen molar-refractivity contribution in [2.45, 2.75) is 45.5 Å². The summed E-state index contributed by atoms with van der Waals surface area (Å²) in [7, 11) is 0. The average Bonchev–Trinajstić information content (AvgIpc) is 3.28. The van der Waals surface area contributed by atoms with Crippen LogP contribution in [0.5, 0.6) is 0 Å². The number of carbonyl (C=O) groups excluding carboxylic acids is 5. The predicted molar refractivity (Wildman–Crippen MR) is 139 cm³/mol. The van der Waals surface area contributed by atoms with Gasteiger partial charge in [-0.15, -0.1) is 23.1 Å². The molecule has 2 aliphatic rings. The van der Waals surface area contributed by atoms with Crippen molar-refractivity contribution < 1.29 is 38.2 Å². The Kier molecular flexibility index (Phi) is 9.04. The molecule has 1 aromatic rings. The first-order chi connectivity index (χ1) is 17.8. The molecule has 0 aromatic carbocycles. The zero-order chi connectivity index (χ0) is 28.2. The van der Waals surface area contributed by atoms with Gasteiger partial charge in [0.2, 0.25) is 6.79 Å². The summed E-state index contributed by atoms with van der Waals surface area (Å²) in [5.74, 6) is -2.45. The molecular weight excluding hydrogens is 538 g/mol. The van der Waals surface area contributed by atoms with E-state index in [2.05, 4.69) is 10.3 Å². The van der Waals surface area contributed by atoms with Crippen molar-refractivity contribution in [1.29, 1.82) is 0 Å². The molecule has 0 spiro atoms. The number of aromatic nitrogens is 1. The smallest absolute Gasteiger partial charge is 0.404 e. The Balaban J connectivity index is 1.77. The average molecular weight is 568 g/mol. The summed E-state index contributed by atoms with van der Waals surface area (Å²) in [6.45, 7) is 5.74. The zero-order valence-electron chi connectivity index (χ0n) is 21.3. The minimum absolute atomic E-state index is 0.158. The highest BCUT2D eigenvalue weighted by molar-refractivity contribution is 8.00. The van der Waals surface area contributed by atoms with Gasteiger partial charge in [0.1, 0.15) is 23.7 Å². The molecule has 38 heavy (non-hydrogen) atoms. The van der Waals surface area contributed by atoms with Crippen LogP contribution in [0.1, 0.15) is 39.8 Å². The number of amides is 3. The second-order valence-electron chi connectivity index (χ2n) is 9.25. The summed E-state index contributed by atoms with van der Waals surface area (Å²) in [6.07, 6.45) is 1.17. The van der Waals surface area contributed by atoms with Gasteiger partial charge in [-0.25, -0.2) is 14.6 Å². The van der Waals surface area contributed by atoms with E-state index in [0.717, 1.165) is 4.90 Å². The van der Waals surface area contributed by atoms with Gasteiger partial charge in [0, 0.05) is 16.7 Å². The SMILES string of the molecule is CC/C=C(/C(=O)N[C@H]1C(=O)N2C(C(=O)OCOC(=O)C(C)(C)C)=C(COC(N)=O)CS[C@H]12)c1csc(N)n1. The molecule has 1 saturated heterocycles. The number of hydrogen-bond acceptors (Lipinski definition) is 12. The number of primary amides is 1. The summed E-state index contributed by atoms with van der Waals surface area (Å²) >= 11 is 2.45. The summed E-state index contributed by atoms with van der Waals surface area (Å²) in [5.41, 5.74) is 10.7. The van der Waals surface area contributed by atoms with E-state index in [0.29, 0.717) is 17.2 Å². The molecule has 3 rings (SSSR count). The second kappa shape index (κ2) is 11.9. The van der Waals surface area contributed by atoms with Crippen LogP contribution in [0.4, 0.5) is 9.93 Å². The normalized spacial score (nSPS) is 19.3. The van der Waals surface area contributed by atoms with E-state index < -0.39 is 53.5 Å². The van der Waals surface area contributed by atoms with Crippen molar-refractivity contribution in [1.82, 2.24) is 15.2 Å². The molecule has 0 unspecified atom stereocenters. The number of ether oxygens (including phenoxy) is 3. The summed E-state index contributed by atoms with van der Waals surface area (Å²) in [6, 6.07) is -0.941. The molecule has 1 fully saturated rings. The van der Waals surface area contributed by atoms with Crippen molar-refractivity contribution in [2.24, 2.45) is 11.1 Å². The van der Waals surface area contributed by atoms with E-state index in [1.54, 1.807) is 32.2 Å². The summed E-state index contributed by atoms with van der Waals surface area (Å²) in [4.78, 5) is 67.6. The predicted octanol–water partition coefficient (Wildman–Crippen LogP) is 1.36. The lowest BCUT2D eigenvalue weighted by Crippen LogP contribution is -2.70. The first-order valence-electron chi connectivity index (χ1n) is 11.5. The van der Waals surface area contributed by atoms with Gasteiger partial charge in [0.05, 0.1) is 16.7 Å². The third kappa shape index (κ3) is 6.45. The Labute approximate surface area is 226 Å². The Hall–Kier alpha value is -3.59. The number of allylic oxidation sites excluding steroid dienone is 1. The van der Waals surface area contributed by atoms with Crippen LogP contribution in [-0.2, 0) is 33.4 Å². The number of anilines is 1. The maximum atomic E-state index is 13.1. The minimum Gasteiger partial charge on any atom is -0.445 e. The van der Waals surface area contributed by atoms with Crippen LogP contribution in [-0.4, -0.2) is 70.3 Å². The van der Waals surface area contributed by atoms with E-state index in [1.807, 2.05) is 6.92 Å². The van der Waals surface area contributed by atoms with Crippen LogP contribution < -0.4 is 16.8 Å². The molecule has 2 aliphatic heterocycles. The Morgan fingerprint density at radius 3 is 2.53 bits per heavy atom. The van der Waals surface area contributed by atoms with Gasteiger partial charge in [0.15, 0.2) is 5.13 Å². The number of rotatable bonds is 9. The topological polar surface area (TPSA) is 193 Å². The first-order valence-corrected chi connectivity index (χ1v) is 13.4. The molecule has 15 heteroatoms. The lowest BCUT2D eigenvalue weighted by atomic mass is 9.98. The van der Waals surface area contributed by atoms with Gasteiger partial charge >= 0.3 is 18.0 Å². The number of fused-ring (bicyclic) bond motifs is 1. The Morgan fingerprint density at radius 1 is 1.24 bits per heavy atom. The Morgan fingerprint density at radius 2 is 1.95 bits per heavy atom. The van der Waals surface area contributed by atoms with Gasteiger partial charge in [-0.05, 0) is 27.2 Å². The largest absolute Gasteiger partial charge is 0.445 e. The van der Waals surface area contributed by atoms with Crippen LogP contribution in [0.15, 0.2) is 22.7 Å². The molecule has 0 bridgehead atoms. The quantitative estimate of drug-likeness (QED) is 0.169. The number of thiazole rings is 1. The molecule has 5 N–H and O–H groups in total. The van der Waals surface area contributed by atoms with E-state index in [1.165, 1.54) is 23.1 Å². The minimum atomic E-state index is -1.06. The lowest BCUT2D eigenvalue weighted by molar-refractivity contribution is -0.173. The van der Waals surface area contributed by atoms with Crippen molar-refractivity contribution in [3.8, 4) is 0 Å². The maximum Gasteiger partial charge on any atom is 0.404 e. The summed E-state index contributed by atoms with van der Waals surface area (Å²) in [5, 5.41) is 4.03. The van der Waals surface area contributed by atoms with Crippen molar-refractivity contribution in [3.05, 3.63) is 28.4 Å². The molecule has 3 amide bonds. The van der Waals surface area contributed by atoms with E-state index in [9.17, 15) is 24.0 Å². The summed E-state index contributed by atoms with van der Waals surface area (Å²) < 4.78 is 14.9. The molecule has 1 aromatic heterocycles. The molecule has 0 radical (unpaired) electrons. The number of nitrogen functional groups attached to an aromatic ring is 1. The third-order valence-electron chi connectivity index (χ3n) is 5.36. The zero-order valence-corrected chi connectivity index (χ0v) is 22.9. The van der Waals surface area contributed by atoms with E-state index in [-0.39, 0.29) is 29.2 Å². The number of thioether (sulfide) groups is 1. The lowest BCUT2D eigenvalue weighted by Gasteiger charge is -2.49. The van der Waals surface area contributed by atoms with Crippen molar-refractivity contribution in [2.75, 3.05) is 24.9 Å². The number of nitrogens with zero attached hydrogens (tertiary/aromatic N) is 2. The molecule has 13 nitrogen and oxygen atoms in total. The number of esters is 2. The standard InChI is InChI=1S/C23H29N5O8S2/c1-5-6-12(13-9-38-21(24)26-13)16(29)27-14-17(30)28-15(11(7-34-22(25)33)8-37-18(14)28)19(31)35-10-36-20(32)23(2,3)4/h6,9,14,18H,5,7-8,10H2,1-4H3,(H2,24,26)(H2,25,33)(H,27,29)/b12-6+/t14-,18+/m0/s1.